The van der Waals surface area contributed by atoms with Crippen LogP contribution in [0.4, 0.5) is 0 Å². The molecule has 0 aliphatic carbocycles. The molecular weight excluding hydrogens is 114 g/mol. The van der Waals surface area contributed by atoms with Gasteiger partial charge in [-0.2, -0.15) is 0 Å². The predicted molar refractivity (Wildman–Crippen MR) is 35.7 cm³/mol. The lowest BCUT2D eigenvalue weighted by molar-refractivity contribution is -0.119. The van der Waals surface area contributed by atoms with Gasteiger partial charge in [-0.25, -0.2) is 0 Å². The first-order valence-electron chi connectivity index (χ1n) is 2.86. The van der Waals surface area contributed by atoms with E-state index in [2.05, 4.69) is 11.9 Å². The number of carbonyl (C=O) groups is 1. The fourth-order valence-electron chi connectivity index (χ4n) is 0.687. The Morgan fingerprint density at radius 3 is 2.89 bits per heavy atom. The van der Waals surface area contributed by atoms with Crippen LogP contribution in [0.3, 0.4) is 0 Å². The molecule has 0 spiro atoms. The fourth-order valence-corrected chi connectivity index (χ4v) is 0.687. The quantitative estimate of drug-likeness (QED) is 0.511. The molecular formula is C7H9NO. The highest BCUT2D eigenvalue weighted by Crippen LogP contribution is 2.09. The molecule has 2 heteroatoms. The van der Waals surface area contributed by atoms with Crippen molar-refractivity contribution in [1.82, 2.24) is 5.32 Å². The minimum Gasteiger partial charge on any atom is -0.326 e. The van der Waals surface area contributed by atoms with Gasteiger partial charge in [0.25, 0.3) is 0 Å². The molecule has 9 heavy (non-hydrogen) atoms. The topological polar surface area (TPSA) is 29.1 Å². The summed E-state index contributed by atoms with van der Waals surface area (Å²) in [7, 11) is 0. The van der Waals surface area contributed by atoms with E-state index >= 15 is 0 Å². The maximum absolute atomic E-state index is 10.6. The normalized spacial score (nSPS) is 19.0. The first kappa shape index (κ1) is 6.08. The van der Waals surface area contributed by atoms with Crippen molar-refractivity contribution in [1.29, 1.82) is 0 Å². The van der Waals surface area contributed by atoms with Gasteiger partial charge in [0.2, 0.25) is 5.91 Å². The average molecular weight is 123 g/mol. The summed E-state index contributed by atoms with van der Waals surface area (Å²) in [6.45, 7) is 5.58. The van der Waals surface area contributed by atoms with E-state index in [1.807, 2.05) is 13.0 Å². The highest BCUT2D eigenvalue weighted by Gasteiger charge is 2.07. The van der Waals surface area contributed by atoms with Crippen LogP contribution in [-0.2, 0) is 4.79 Å². The Kier molecular flexibility index (Phi) is 1.39. The zero-order valence-electron chi connectivity index (χ0n) is 5.40. The molecule has 1 heterocycles. The zero-order valence-corrected chi connectivity index (χ0v) is 5.40. The van der Waals surface area contributed by atoms with Crippen LogP contribution in [0, 0.1) is 0 Å². The Morgan fingerprint density at radius 1 is 1.78 bits per heavy atom. The standard InChI is InChI=1S/C7H9NO/c1-5-3-4-7(9)8-6(5)2/h3H,2,4H2,1H3,(H,8,9). The van der Waals surface area contributed by atoms with Crippen LogP contribution in [0.25, 0.3) is 0 Å². The summed E-state index contributed by atoms with van der Waals surface area (Å²) in [5, 5.41) is 2.63. The average Bonchev–Trinajstić information content (AvgIpc) is 1.80. The van der Waals surface area contributed by atoms with Gasteiger partial charge in [-0.1, -0.05) is 12.7 Å². The van der Waals surface area contributed by atoms with Crippen LogP contribution in [-0.4, -0.2) is 5.91 Å². The molecule has 1 aliphatic heterocycles. The van der Waals surface area contributed by atoms with E-state index in [-0.39, 0.29) is 5.91 Å². The Balaban J connectivity index is 2.79. The summed E-state index contributed by atoms with van der Waals surface area (Å²) in [5.74, 6) is 0.0330. The molecule has 0 unspecified atom stereocenters. The lowest BCUT2D eigenvalue weighted by Crippen LogP contribution is -2.25. The van der Waals surface area contributed by atoms with Crippen LogP contribution >= 0.6 is 0 Å². The number of rotatable bonds is 0. The number of amides is 1. The van der Waals surface area contributed by atoms with E-state index in [0.717, 1.165) is 11.3 Å². The largest absolute Gasteiger partial charge is 0.326 e. The van der Waals surface area contributed by atoms with Crippen molar-refractivity contribution < 1.29 is 4.79 Å². The number of carbonyl (C=O) groups excluding carboxylic acids is 1. The van der Waals surface area contributed by atoms with Gasteiger partial charge in [0, 0.05) is 12.1 Å². The Morgan fingerprint density at radius 2 is 2.44 bits per heavy atom. The van der Waals surface area contributed by atoms with Crippen molar-refractivity contribution >= 4 is 5.91 Å². The van der Waals surface area contributed by atoms with Gasteiger partial charge < -0.3 is 5.32 Å². The van der Waals surface area contributed by atoms with E-state index in [1.165, 1.54) is 0 Å². The summed E-state index contributed by atoms with van der Waals surface area (Å²) in [6.07, 6.45) is 2.37. The molecule has 1 aliphatic rings. The maximum Gasteiger partial charge on any atom is 0.228 e. The fraction of sp³-hybridized carbons (Fsp3) is 0.286. The van der Waals surface area contributed by atoms with Gasteiger partial charge in [-0.15, -0.1) is 0 Å². The van der Waals surface area contributed by atoms with Gasteiger partial charge in [0.15, 0.2) is 0 Å². The number of nitrogens with one attached hydrogen (secondary N) is 1. The van der Waals surface area contributed by atoms with E-state index in [9.17, 15) is 4.79 Å². The zero-order chi connectivity index (χ0) is 6.85. The lowest BCUT2D eigenvalue weighted by Gasteiger charge is -2.12. The van der Waals surface area contributed by atoms with E-state index < -0.39 is 0 Å². The number of allylic oxidation sites excluding steroid dienone is 1. The SMILES string of the molecule is C=C1NC(=O)CC=C1C. The molecule has 0 aromatic carbocycles. The minimum atomic E-state index is 0.0330. The molecule has 1 rings (SSSR count). The molecule has 48 valence electrons. The Hall–Kier alpha value is -1.05. The molecule has 0 aromatic rings. The molecule has 0 atom stereocenters. The Labute approximate surface area is 54.3 Å². The molecule has 0 bridgehead atoms. The molecule has 0 fully saturated rings. The second-order valence-corrected chi connectivity index (χ2v) is 2.12. The minimum absolute atomic E-state index is 0.0330. The van der Waals surface area contributed by atoms with E-state index in [0.29, 0.717) is 6.42 Å². The van der Waals surface area contributed by atoms with E-state index in [1.54, 1.807) is 0 Å². The van der Waals surface area contributed by atoms with Crippen LogP contribution in [0.5, 0.6) is 0 Å². The lowest BCUT2D eigenvalue weighted by atomic mass is 10.1. The number of hydrogen-bond acceptors (Lipinski definition) is 1. The van der Waals surface area contributed by atoms with Crippen molar-refractivity contribution in [3.63, 3.8) is 0 Å². The highest BCUT2D eigenvalue weighted by atomic mass is 16.1. The molecule has 2 nitrogen and oxygen atoms in total. The van der Waals surface area contributed by atoms with Gasteiger partial charge in [0.1, 0.15) is 0 Å². The van der Waals surface area contributed by atoms with Gasteiger partial charge in [0.05, 0.1) is 0 Å². The summed E-state index contributed by atoms with van der Waals surface area (Å²) in [6, 6.07) is 0. The van der Waals surface area contributed by atoms with Crippen molar-refractivity contribution in [3.8, 4) is 0 Å². The summed E-state index contributed by atoms with van der Waals surface area (Å²) in [4.78, 5) is 10.6. The molecule has 0 saturated carbocycles. The van der Waals surface area contributed by atoms with Crippen LogP contribution in [0.15, 0.2) is 23.9 Å². The highest BCUT2D eigenvalue weighted by molar-refractivity contribution is 5.82. The van der Waals surface area contributed by atoms with Crippen molar-refractivity contribution in [2.24, 2.45) is 0 Å². The summed E-state index contributed by atoms with van der Waals surface area (Å²) >= 11 is 0. The maximum atomic E-state index is 10.6. The van der Waals surface area contributed by atoms with Crippen LogP contribution in [0.2, 0.25) is 0 Å². The summed E-state index contributed by atoms with van der Waals surface area (Å²) in [5.41, 5.74) is 1.79. The second-order valence-electron chi connectivity index (χ2n) is 2.12. The Bertz CT molecular complexity index is 191. The van der Waals surface area contributed by atoms with Crippen molar-refractivity contribution in [2.45, 2.75) is 13.3 Å². The van der Waals surface area contributed by atoms with Crippen molar-refractivity contribution in [2.75, 3.05) is 0 Å². The molecule has 0 saturated heterocycles. The van der Waals surface area contributed by atoms with Crippen LogP contribution < -0.4 is 5.32 Å². The number of hydrogen-bond donors (Lipinski definition) is 1. The molecule has 0 radical (unpaired) electrons. The monoisotopic (exact) mass is 123 g/mol. The molecule has 0 aromatic heterocycles. The van der Waals surface area contributed by atoms with Gasteiger partial charge in [-0.05, 0) is 12.5 Å². The van der Waals surface area contributed by atoms with Gasteiger partial charge in [-0.3, -0.25) is 4.79 Å². The first-order chi connectivity index (χ1) is 4.20. The van der Waals surface area contributed by atoms with Gasteiger partial charge >= 0.3 is 0 Å². The first-order valence-corrected chi connectivity index (χ1v) is 2.86. The third-order valence-electron chi connectivity index (χ3n) is 1.36. The molecule has 1 amide bonds. The summed E-state index contributed by atoms with van der Waals surface area (Å²) < 4.78 is 0. The van der Waals surface area contributed by atoms with Crippen molar-refractivity contribution in [3.05, 3.63) is 23.9 Å². The third-order valence-corrected chi connectivity index (χ3v) is 1.36. The smallest absolute Gasteiger partial charge is 0.228 e. The predicted octanol–water partition coefficient (Wildman–Crippen LogP) is 0.966. The molecule has 1 N–H and O–H groups in total. The van der Waals surface area contributed by atoms with Crippen LogP contribution in [0.1, 0.15) is 13.3 Å². The van der Waals surface area contributed by atoms with E-state index in [4.69, 9.17) is 0 Å². The third kappa shape index (κ3) is 1.19. The second kappa shape index (κ2) is 2.05.